The van der Waals surface area contributed by atoms with E-state index in [1.54, 1.807) is 13.2 Å². The van der Waals surface area contributed by atoms with Crippen molar-refractivity contribution in [2.24, 2.45) is 0 Å². The van der Waals surface area contributed by atoms with Crippen LogP contribution in [0.3, 0.4) is 0 Å². The van der Waals surface area contributed by atoms with Crippen molar-refractivity contribution in [1.82, 2.24) is 5.32 Å². The van der Waals surface area contributed by atoms with Gasteiger partial charge in [0.15, 0.2) is 0 Å². The average Bonchev–Trinajstić information content (AvgIpc) is 2.59. The fraction of sp³-hybridized carbons (Fsp3) is 0.222. The predicted molar refractivity (Wildman–Crippen MR) is 93.6 cm³/mol. The van der Waals surface area contributed by atoms with Gasteiger partial charge in [-0.25, -0.2) is 0 Å². The van der Waals surface area contributed by atoms with Gasteiger partial charge in [0.25, 0.3) is 0 Å². The van der Waals surface area contributed by atoms with Crippen molar-refractivity contribution < 1.29 is 19.1 Å². The van der Waals surface area contributed by atoms with Crippen LogP contribution >= 0.6 is 15.9 Å². The van der Waals surface area contributed by atoms with E-state index in [9.17, 15) is 9.59 Å². The summed E-state index contributed by atoms with van der Waals surface area (Å²) in [7, 11) is 1.58. The minimum atomic E-state index is -0.483. The summed E-state index contributed by atoms with van der Waals surface area (Å²) >= 11 is 3.37. The standard InChI is InChI=1S/C18H18BrNO4/c1-23-16-8-7-14(9-15(16)19)12-24-18(22)11-20-17(21)10-13-5-3-2-4-6-13/h2-9H,10-12H2,1H3,(H,20,21). The van der Waals surface area contributed by atoms with Crippen molar-refractivity contribution in [2.75, 3.05) is 13.7 Å². The number of carbonyl (C=O) groups is 2. The molecule has 5 nitrogen and oxygen atoms in total. The maximum absolute atomic E-state index is 11.8. The molecule has 0 aliphatic rings. The van der Waals surface area contributed by atoms with E-state index in [0.29, 0.717) is 5.75 Å². The Hall–Kier alpha value is -2.34. The molecule has 2 aromatic rings. The monoisotopic (exact) mass is 391 g/mol. The van der Waals surface area contributed by atoms with Crippen molar-refractivity contribution in [1.29, 1.82) is 0 Å². The third-order valence-corrected chi connectivity index (χ3v) is 3.87. The molecule has 0 aromatic heterocycles. The molecule has 2 aromatic carbocycles. The van der Waals surface area contributed by atoms with Crippen molar-refractivity contribution in [3.8, 4) is 5.75 Å². The van der Waals surface area contributed by atoms with Gasteiger partial charge in [-0.2, -0.15) is 0 Å². The SMILES string of the molecule is COc1ccc(COC(=O)CNC(=O)Cc2ccccc2)cc1Br. The van der Waals surface area contributed by atoms with Gasteiger partial charge in [-0.15, -0.1) is 0 Å². The molecule has 1 amide bonds. The summed E-state index contributed by atoms with van der Waals surface area (Å²) in [6.45, 7) is -0.0149. The highest BCUT2D eigenvalue weighted by Gasteiger charge is 2.08. The fourth-order valence-electron chi connectivity index (χ4n) is 2.03. The van der Waals surface area contributed by atoms with Crippen LogP contribution in [0, 0.1) is 0 Å². The first-order valence-corrected chi connectivity index (χ1v) is 8.16. The summed E-state index contributed by atoms with van der Waals surface area (Å²) in [5.74, 6) is 0.00643. The van der Waals surface area contributed by atoms with Crippen LogP contribution < -0.4 is 10.1 Å². The second-order valence-electron chi connectivity index (χ2n) is 5.07. The van der Waals surface area contributed by atoms with Crippen LogP contribution in [-0.4, -0.2) is 25.5 Å². The first kappa shape index (κ1) is 18.0. The summed E-state index contributed by atoms with van der Waals surface area (Å²) in [5.41, 5.74) is 1.72. The lowest BCUT2D eigenvalue weighted by molar-refractivity contribution is -0.145. The molecular weight excluding hydrogens is 374 g/mol. The van der Waals surface area contributed by atoms with Crippen LogP contribution in [0.15, 0.2) is 53.0 Å². The molecule has 1 N–H and O–H groups in total. The fourth-order valence-corrected chi connectivity index (χ4v) is 2.62. The molecule has 24 heavy (non-hydrogen) atoms. The molecule has 0 aliphatic heterocycles. The highest BCUT2D eigenvalue weighted by molar-refractivity contribution is 9.10. The number of ether oxygens (including phenoxy) is 2. The Morgan fingerprint density at radius 2 is 1.83 bits per heavy atom. The number of nitrogens with one attached hydrogen (secondary N) is 1. The number of hydrogen-bond acceptors (Lipinski definition) is 4. The van der Waals surface area contributed by atoms with Gasteiger partial charge in [-0.1, -0.05) is 36.4 Å². The molecule has 0 aliphatic carbocycles. The third-order valence-electron chi connectivity index (χ3n) is 3.25. The zero-order valence-electron chi connectivity index (χ0n) is 13.3. The maximum Gasteiger partial charge on any atom is 0.325 e. The molecule has 0 radical (unpaired) electrons. The normalized spacial score (nSPS) is 10.1. The highest BCUT2D eigenvalue weighted by Crippen LogP contribution is 2.25. The van der Waals surface area contributed by atoms with E-state index in [-0.39, 0.29) is 25.5 Å². The topological polar surface area (TPSA) is 64.6 Å². The molecule has 2 rings (SSSR count). The zero-order valence-corrected chi connectivity index (χ0v) is 14.8. The van der Waals surface area contributed by atoms with Gasteiger partial charge in [-0.3, -0.25) is 9.59 Å². The van der Waals surface area contributed by atoms with Crippen LogP contribution in [0.25, 0.3) is 0 Å². The van der Waals surface area contributed by atoms with E-state index in [2.05, 4.69) is 21.2 Å². The zero-order chi connectivity index (χ0) is 17.4. The first-order chi connectivity index (χ1) is 11.6. The minimum Gasteiger partial charge on any atom is -0.496 e. The lowest BCUT2D eigenvalue weighted by atomic mass is 10.1. The summed E-state index contributed by atoms with van der Waals surface area (Å²) in [6.07, 6.45) is 0.236. The Labute approximate surface area is 149 Å². The Kier molecular flexibility index (Phi) is 6.81. The van der Waals surface area contributed by atoms with Crippen molar-refractivity contribution in [3.05, 3.63) is 64.1 Å². The van der Waals surface area contributed by atoms with Crippen LogP contribution in [0.2, 0.25) is 0 Å². The largest absolute Gasteiger partial charge is 0.496 e. The molecule has 126 valence electrons. The van der Waals surface area contributed by atoms with Crippen LogP contribution in [-0.2, 0) is 27.4 Å². The van der Waals surface area contributed by atoms with Gasteiger partial charge < -0.3 is 14.8 Å². The maximum atomic E-state index is 11.8. The van der Waals surface area contributed by atoms with E-state index in [1.165, 1.54) is 0 Å². The van der Waals surface area contributed by atoms with Gasteiger partial charge >= 0.3 is 5.97 Å². The number of carbonyl (C=O) groups excluding carboxylic acids is 2. The number of methoxy groups -OCH3 is 1. The Balaban J connectivity index is 1.73. The van der Waals surface area contributed by atoms with E-state index >= 15 is 0 Å². The lowest BCUT2D eigenvalue weighted by Crippen LogP contribution is -2.31. The van der Waals surface area contributed by atoms with Crippen LogP contribution in [0.5, 0.6) is 5.75 Å². The van der Waals surface area contributed by atoms with Crippen LogP contribution in [0.4, 0.5) is 0 Å². The van der Waals surface area contributed by atoms with Crippen molar-refractivity contribution >= 4 is 27.8 Å². The molecule has 0 bridgehead atoms. The Morgan fingerprint density at radius 1 is 1.08 bits per heavy atom. The molecule has 0 atom stereocenters. The minimum absolute atomic E-state index is 0.135. The number of rotatable bonds is 7. The molecular formula is C18H18BrNO4. The number of amides is 1. The first-order valence-electron chi connectivity index (χ1n) is 7.37. The molecule has 0 saturated heterocycles. The van der Waals surface area contributed by atoms with Crippen molar-refractivity contribution in [3.63, 3.8) is 0 Å². The van der Waals surface area contributed by atoms with Gasteiger partial charge in [0.05, 0.1) is 18.0 Å². The van der Waals surface area contributed by atoms with Crippen molar-refractivity contribution in [2.45, 2.75) is 13.0 Å². The average molecular weight is 392 g/mol. The predicted octanol–water partition coefficient (Wildman–Crippen LogP) is 2.86. The Bertz CT molecular complexity index is 703. The molecule has 0 saturated carbocycles. The van der Waals surface area contributed by atoms with E-state index < -0.39 is 5.97 Å². The number of hydrogen-bond donors (Lipinski definition) is 1. The van der Waals surface area contributed by atoms with Gasteiger partial charge in [0.1, 0.15) is 18.9 Å². The van der Waals surface area contributed by atoms with Crippen LogP contribution in [0.1, 0.15) is 11.1 Å². The summed E-state index contributed by atoms with van der Waals surface area (Å²) < 4.78 is 11.1. The second-order valence-corrected chi connectivity index (χ2v) is 5.92. The number of benzene rings is 2. The lowest BCUT2D eigenvalue weighted by Gasteiger charge is -2.08. The summed E-state index contributed by atoms with van der Waals surface area (Å²) in [4.78, 5) is 23.5. The quantitative estimate of drug-likeness (QED) is 0.737. The molecule has 6 heteroatoms. The Morgan fingerprint density at radius 3 is 2.50 bits per heavy atom. The van der Waals surface area contributed by atoms with Gasteiger partial charge in [0.2, 0.25) is 5.91 Å². The number of halogens is 1. The third kappa shape index (κ3) is 5.70. The molecule has 0 heterocycles. The highest BCUT2D eigenvalue weighted by atomic mass is 79.9. The summed E-state index contributed by atoms with van der Waals surface area (Å²) in [5, 5.41) is 2.55. The second kappa shape index (κ2) is 9.08. The van der Waals surface area contributed by atoms with E-state index in [4.69, 9.17) is 9.47 Å². The van der Waals surface area contributed by atoms with Gasteiger partial charge in [-0.05, 0) is 39.2 Å². The van der Waals surface area contributed by atoms with E-state index in [1.807, 2.05) is 42.5 Å². The molecule has 0 spiro atoms. The summed E-state index contributed by atoms with van der Waals surface area (Å²) in [6, 6.07) is 14.8. The van der Waals surface area contributed by atoms with Gasteiger partial charge in [0, 0.05) is 0 Å². The molecule has 0 fully saturated rings. The number of esters is 1. The molecule has 0 unspecified atom stereocenters. The smallest absolute Gasteiger partial charge is 0.325 e. The van der Waals surface area contributed by atoms with E-state index in [0.717, 1.165) is 15.6 Å².